The van der Waals surface area contributed by atoms with Crippen LogP contribution in [0.1, 0.15) is 47.9 Å². The highest BCUT2D eigenvalue weighted by molar-refractivity contribution is 5.87. The van der Waals surface area contributed by atoms with E-state index in [2.05, 4.69) is 29.8 Å². The lowest BCUT2D eigenvalue weighted by Gasteiger charge is -2.23. The smallest absolute Gasteiger partial charge is 0.263 e. The van der Waals surface area contributed by atoms with Crippen molar-refractivity contribution in [2.45, 2.75) is 37.7 Å². The van der Waals surface area contributed by atoms with Gasteiger partial charge in [-0.2, -0.15) is 0 Å². The number of aliphatic hydroxyl groups is 1. The number of fused-ring (bicyclic) bond motifs is 1. The topological polar surface area (TPSA) is 75.4 Å². The van der Waals surface area contributed by atoms with Crippen LogP contribution in [0.4, 0.5) is 0 Å². The summed E-state index contributed by atoms with van der Waals surface area (Å²) in [6.07, 6.45) is 7.93. The van der Waals surface area contributed by atoms with Gasteiger partial charge in [-0.1, -0.05) is 30.8 Å². The lowest BCUT2D eigenvalue weighted by molar-refractivity contribution is -0.125. The van der Waals surface area contributed by atoms with Crippen LogP contribution < -0.4 is 5.56 Å². The zero-order chi connectivity index (χ0) is 25.5. The van der Waals surface area contributed by atoms with Crippen molar-refractivity contribution in [1.29, 1.82) is 0 Å². The van der Waals surface area contributed by atoms with Crippen molar-refractivity contribution >= 4 is 16.7 Å². The first-order valence-corrected chi connectivity index (χ1v) is 12.8. The van der Waals surface area contributed by atoms with E-state index in [1.165, 1.54) is 24.5 Å². The molecule has 3 heterocycles. The zero-order valence-electron chi connectivity index (χ0n) is 20.6. The predicted octanol–water partition coefficient (Wildman–Crippen LogP) is 4.92. The molecule has 0 spiro atoms. The molecule has 0 radical (unpaired) electrons. The molecule has 186 valence electrons. The summed E-state index contributed by atoms with van der Waals surface area (Å²) in [5, 5.41) is 12.1. The highest BCUT2D eigenvalue weighted by atomic mass is 16.3. The first-order valence-electron chi connectivity index (χ1n) is 12.8. The molecule has 6 heteroatoms. The average Bonchev–Trinajstić information content (AvgIpc) is 3.68. The van der Waals surface area contributed by atoms with E-state index in [0.29, 0.717) is 35.6 Å². The first-order chi connectivity index (χ1) is 18.1. The Morgan fingerprint density at radius 1 is 1.05 bits per heavy atom. The fourth-order valence-electron chi connectivity index (χ4n) is 5.66. The van der Waals surface area contributed by atoms with Crippen LogP contribution in [0.3, 0.4) is 0 Å². The summed E-state index contributed by atoms with van der Waals surface area (Å²) in [6, 6.07) is 17.9. The summed E-state index contributed by atoms with van der Waals surface area (Å²) in [4.78, 5) is 32.4. The van der Waals surface area contributed by atoms with E-state index in [1.54, 1.807) is 21.9 Å². The number of hydrogen-bond acceptors (Lipinski definition) is 4. The molecule has 0 bridgehead atoms. The molecule has 37 heavy (non-hydrogen) atoms. The van der Waals surface area contributed by atoms with E-state index in [-0.39, 0.29) is 24.0 Å². The molecule has 1 aliphatic carbocycles. The summed E-state index contributed by atoms with van der Waals surface area (Å²) in [7, 11) is 0. The number of rotatable bonds is 6. The third-order valence-corrected chi connectivity index (χ3v) is 7.75. The number of amides is 1. The second kappa shape index (κ2) is 9.45. The minimum Gasteiger partial charge on any atom is -0.392 e. The third kappa shape index (κ3) is 4.17. The number of pyridine rings is 2. The molecule has 1 amide bonds. The SMILES string of the molecule is C=CC(=O)N1CCC(c2cc3cc(C4CC4)ccc3c(=O)n2-c2cccc(-c3ccncc3)c2CO)C1. The number of nitrogens with zero attached hydrogens (tertiary/aromatic N) is 3. The van der Waals surface area contributed by atoms with E-state index in [0.717, 1.165) is 28.6 Å². The highest BCUT2D eigenvalue weighted by Crippen LogP contribution is 2.41. The summed E-state index contributed by atoms with van der Waals surface area (Å²) in [5.41, 5.74) is 5.17. The van der Waals surface area contributed by atoms with Crippen molar-refractivity contribution < 1.29 is 9.90 Å². The van der Waals surface area contributed by atoms with Crippen molar-refractivity contribution in [2.24, 2.45) is 0 Å². The standard InChI is InChI=1S/C31H29N3O3/c1-2-30(36)33-15-12-23(18-33)29-17-24-16-22(20-6-7-20)8-9-26(24)31(37)34(29)28-5-3-4-25(27(28)19-35)21-10-13-32-14-11-21/h2-5,8-11,13-14,16-17,20,23,35H,1,6-7,12,15,18-19H2. The Balaban J connectivity index is 1.58. The Morgan fingerprint density at radius 2 is 1.86 bits per heavy atom. The van der Waals surface area contributed by atoms with Crippen molar-refractivity contribution in [3.05, 3.63) is 107 Å². The lowest BCUT2D eigenvalue weighted by atomic mass is 9.96. The van der Waals surface area contributed by atoms with E-state index in [4.69, 9.17) is 0 Å². The Kier molecular flexibility index (Phi) is 5.97. The molecule has 1 unspecified atom stereocenters. The Morgan fingerprint density at radius 3 is 2.59 bits per heavy atom. The monoisotopic (exact) mass is 491 g/mol. The number of aliphatic hydroxyl groups excluding tert-OH is 1. The molecule has 4 aromatic rings. The maximum Gasteiger partial charge on any atom is 0.263 e. The summed E-state index contributed by atoms with van der Waals surface area (Å²) < 4.78 is 1.77. The van der Waals surface area contributed by atoms with Gasteiger partial charge in [0.1, 0.15) is 0 Å². The molecule has 2 aliphatic rings. The minimum atomic E-state index is -0.218. The van der Waals surface area contributed by atoms with Crippen LogP contribution in [0, 0.1) is 0 Å². The third-order valence-electron chi connectivity index (χ3n) is 7.75. The molecule has 1 aliphatic heterocycles. The van der Waals surface area contributed by atoms with E-state index in [1.807, 2.05) is 36.4 Å². The predicted molar refractivity (Wildman–Crippen MR) is 145 cm³/mol. The van der Waals surface area contributed by atoms with Crippen molar-refractivity contribution in [3.63, 3.8) is 0 Å². The fraction of sp³-hybridized carbons (Fsp3) is 0.258. The minimum absolute atomic E-state index is 0.0123. The Hall–Kier alpha value is -4.03. The van der Waals surface area contributed by atoms with Crippen molar-refractivity contribution in [3.8, 4) is 16.8 Å². The summed E-state index contributed by atoms with van der Waals surface area (Å²) in [5.74, 6) is 0.478. The largest absolute Gasteiger partial charge is 0.392 e. The van der Waals surface area contributed by atoms with Gasteiger partial charge in [-0.25, -0.2) is 0 Å². The molecular weight excluding hydrogens is 462 g/mol. The van der Waals surface area contributed by atoms with Crippen LogP contribution in [0.2, 0.25) is 0 Å². The van der Waals surface area contributed by atoms with E-state index in [9.17, 15) is 14.7 Å². The van der Waals surface area contributed by atoms with Gasteiger partial charge >= 0.3 is 0 Å². The molecule has 1 saturated heterocycles. The summed E-state index contributed by atoms with van der Waals surface area (Å²) >= 11 is 0. The van der Waals surface area contributed by atoms with Gasteiger partial charge in [0.2, 0.25) is 5.91 Å². The van der Waals surface area contributed by atoms with Crippen LogP contribution in [-0.4, -0.2) is 38.6 Å². The first kappa shape index (κ1) is 23.4. The number of likely N-dealkylation sites (tertiary alicyclic amines) is 1. The summed E-state index contributed by atoms with van der Waals surface area (Å²) in [6.45, 7) is 4.56. The van der Waals surface area contributed by atoms with Crippen LogP contribution in [0.25, 0.3) is 27.6 Å². The Bertz CT molecular complexity index is 1570. The van der Waals surface area contributed by atoms with Crippen molar-refractivity contribution in [2.75, 3.05) is 13.1 Å². The number of carbonyl (C=O) groups excluding carboxylic acids is 1. The lowest BCUT2D eigenvalue weighted by Crippen LogP contribution is -2.28. The van der Waals surface area contributed by atoms with E-state index < -0.39 is 0 Å². The highest BCUT2D eigenvalue weighted by Gasteiger charge is 2.30. The van der Waals surface area contributed by atoms with Gasteiger partial charge in [0.25, 0.3) is 5.56 Å². The quantitative estimate of drug-likeness (QED) is 0.388. The second-order valence-corrected chi connectivity index (χ2v) is 10.0. The van der Waals surface area contributed by atoms with E-state index >= 15 is 0 Å². The normalized spacial score (nSPS) is 17.3. The van der Waals surface area contributed by atoms with Gasteiger partial charge in [-0.3, -0.25) is 19.1 Å². The van der Waals surface area contributed by atoms with Crippen LogP contribution in [0.15, 0.2) is 84.4 Å². The van der Waals surface area contributed by atoms with Crippen molar-refractivity contribution in [1.82, 2.24) is 14.5 Å². The Labute approximate surface area is 215 Å². The number of hydrogen-bond donors (Lipinski definition) is 1. The number of aromatic nitrogens is 2. The molecule has 1 saturated carbocycles. The number of carbonyl (C=O) groups is 1. The van der Waals surface area contributed by atoms with Gasteiger partial charge in [0.05, 0.1) is 12.3 Å². The van der Waals surface area contributed by atoms with Crippen LogP contribution in [0.5, 0.6) is 0 Å². The van der Waals surface area contributed by atoms with Crippen LogP contribution >= 0.6 is 0 Å². The molecule has 2 aromatic heterocycles. The molecule has 1 atom stereocenters. The van der Waals surface area contributed by atoms with Gasteiger partial charge in [-0.05, 0) is 83.7 Å². The molecule has 2 aromatic carbocycles. The van der Waals surface area contributed by atoms with Gasteiger partial charge in [-0.15, -0.1) is 0 Å². The van der Waals surface area contributed by atoms with Crippen LogP contribution in [-0.2, 0) is 11.4 Å². The molecule has 1 N–H and O–H groups in total. The van der Waals surface area contributed by atoms with Gasteiger partial charge in [0, 0.05) is 48.0 Å². The average molecular weight is 492 g/mol. The molecule has 2 fully saturated rings. The van der Waals surface area contributed by atoms with Gasteiger partial charge in [0.15, 0.2) is 0 Å². The maximum absolute atomic E-state index is 14.2. The maximum atomic E-state index is 14.2. The molecule has 6 rings (SSSR count). The number of benzene rings is 2. The fourth-order valence-corrected chi connectivity index (χ4v) is 5.66. The molecule has 6 nitrogen and oxygen atoms in total. The molecular formula is C31H29N3O3. The second-order valence-electron chi connectivity index (χ2n) is 10.0. The van der Waals surface area contributed by atoms with Gasteiger partial charge < -0.3 is 10.0 Å². The zero-order valence-corrected chi connectivity index (χ0v) is 20.6.